The van der Waals surface area contributed by atoms with Crippen LogP contribution in [-0.2, 0) is 17.8 Å². The van der Waals surface area contributed by atoms with Crippen LogP contribution in [0.25, 0.3) is 0 Å². The number of nitrogens with zero attached hydrogens (tertiary/aromatic N) is 2. The third-order valence-electron chi connectivity index (χ3n) is 4.73. The highest BCUT2D eigenvalue weighted by atomic mass is 16.5. The molecule has 0 spiro atoms. The topological polar surface area (TPSA) is 32.8 Å². The Morgan fingerprint density at radius 3 is 2.36 bits per heavy atom. The lowest BCUT2D eigenvalue weighted by Gasteiger charge is -2.35. The van der Waals surface area contributed by atoms with Crippen LogP contribution in [-0.4, -0.2) is 49.0 Å². The highest BCUT2D eigenvalue weighted by Gasteiger charge is 2.21. The molecule has 0 aromatic heterocycles. The summed E-state index contributed by atoms with van der Waals surface area (Å²) in [6, 6.07) is 16.4. The van der Waals surface area contributed by atoms with E-state index in [1.165, 1.54) is 11.1 Å². The highest BCUT2D eigenvalue weighted by Crippen LogP contribution is 2.14. The Kier molecular flexibility index (Phi) is 5.71. The molecule has 1 amide bonds. The second-order valence-electron chi connectivity index (χ2n) is 6.67. The van der Waals surface area contributed by atoms with E-state index in [2.05, 4.69) is 36.1 Å². The van der Waals surface area contributed by atoms with E-state index in [1.807, 2.05) is 29.2 Å². The first-order valence-corrected chi connectivity index (χ1v) is 8.82. The van der Waals surface area contributed by atoms with Crippen molar-refractivity contribution in [2.45, 2.75) is 19.9 Å². The van der Waals surface area contributed by atoms with Gasteiger partial charge in [0.2, 0.25) is 5.91 Å². The quantitative estimate of drug-likeness (QED) is 0.840. The maximum atomic E-state index is 12.5. The zero-order valence-electron chi connectivity index (χ0n) is 15.1. The number of hydrogen-bond donors (Lipinski definition) is 0. The van der Waals surface area contributed by atoms with E-state index in [9.17, 15) is 4.79 Å². The van der Waals surface area contributed by atoms with Gasteiger partial charge >= 0.3 is 0 Å². The lowest BCUT2D eigenvalue weighted by molar-refractivity contribution is -0.132. The smallest absolute Gasteiger partial charge is 0.227 e. The largest absolute Gasteiger partial charge is 0.497 e. The summed E-state index contributed by atoms with van der Waals surface area (Å²) >= 11 is 0. The van der Waals surface area contributed by atoms with Crippen molar-refractivity contribution in [3.05, 3.63) is 65.2 Å². The summed E-state index contributed by atoms with van der Waals surface area (Å²) in [4.78, 5) is 16.9. The molecular weight excluding hydrogens is 312 g/mol. The molecule has 1 saturated heterocycles. The molecule has 0 aliphatic carbocycles. The number of amides is 1. The van der Waals surface area contributed by atoms with Crippen LogP contribution in [0.4, 0.5) is 0 Å². The fraction of sp³-hybridized carbons (Fsp3) is 0.381. The van der Waals surface area contributed by atoms with Crippen molar-refractivity contribution in [3.8, 4) is 5.75 Å². The minimum atomic E-state index is 0.209. The third kappa shape index (κ3) is 4.83. The standard InChI is InChI=1S/C21H26N2O2/c1-17-4-3-5-19(14-17)16-22-10-12-23(13-11-22)21(24)15-18-6-8-20(25-2)9-7-18/h3-9,14H,10-13,15-16H2,1-2H3. The fourth-order valence-corrected chi connectivity index (χ4v) is 3.25. The first-order valence-electron chi connectivity index (χ1n) is 8.82. The van der Waals surface area contributed by atoms with Crippen molar-refractivity contribution >= 4 is 5.91 Å². The van der Waals surface area contributed by atoms with Crippen molar-refractivity contribution < 1.29 is 9.53 Å². The number of rotatable bonds is 5. The van der Waals surface area contributed by atoms with Crippen molar-refractivity contribution in [1.82, 2.24) is 9.80 Å². The van der Waals surface area contributed by atoms with E-state index < -0.39 is 0 Å². The predicted octanol–water partition coefficient (Wildman–Crippen LogP) is 2.89. The lowest BCUT2D eigenvalue weighted by atomic mass is 10.1. The van der Waals surface area contributed by atoms with Crippen LogP contribution in [0.2, 0.25) is 0 Å². The van der Waals surface area contributed by atoms with Crippen LogP contribution in [0.3, 0.4) is 0 Å². The number of carbonyl (C=O) groups is 1. The zero-order valence-corrected chi connectivity index (χ0v) is 15.1. The predicted molar refractivity (Wildman–Crippen MR) is 99.7 cm³/mol. The molecule has 3 rings (SSSR count). The van der Waals surface area contributed by atoms with Gasteiger partial charge in [-0.1, -0.05) is 42.0 Å². The molecule has 132 valence electrons. The molecule has 1 heterocycles. The minimum absolute atomic E-state index is 0.209. The van der Waals surface area contributed by atoms with Crippen LogP contribution in [0.15, 0.2) is 48.5 Å². The molecule has 0 unspecified atom stereocenters. The van der Waals surface area contributed by atoms with Crippen molar-refractivity contribution in [2.24, 2.45) is 0 Å². The van der Waals surface area contributed by atoms with Crippen LogP contribution < -0.4 is 4.74 Å². The Labute approximate surface area is 150 Å². The molecule has 1 fully saturated rings. The number of ether oxygens (including phenoxy) is 1. The first-order chi connectivity index (χ1) is 12.1. The molecule has 4 heteroatoms. The fourth-order valence-electron chi connectivity index (χ4n) is 3.25. The van der Waals surface area contributed by atoms with Crippen LogP contribution in [0.5, 0.6) is 5.75 Å². The van der Waals surface area contributed by atoms with Gasteiger partial charge in [-0.2, -0.15) is 0 Å². The number of aryl methyl sites for hydroxylation is 1. The van der Waals surface area contributed by atoms with Crippen molar-refractivity contribution in [3.63, 3.8) is 0 Å². The molecule has 1 aliphatic heterocycles. The number of piperazine rings is 1. The Hall–Kier alpha value is -2.33. The van der Waals surface area contributed by atoms with Gasteiger partial charge in [-0.25, -0.2) is 0 Å². The van der Waals surface area contributed by atoms with Crippen LogP contribution in [0, 0.1) is 6.92 Å². The van der Waals surface area contributed by atoms with Crippen LogP contribution >= 0.6 is 0 Å². The Morgan fingerprint density at radius 1 is 1.00 bits per heavy atom. The molecule has 2 aromatic carbocycles. The second kappa shape index (κ2) is 8.17. The maximum Gasteiger partial charge on any atom is 0.227 e. The van der Waals surface area contributed by atoms with Gasteiger partial charge in [0.15, 0.2) is 0 Å². The van der Waals surface area contributed by atoms with Crippen LogP contribution in [0.1, 0.15) is 16.7 Å². The molecule has 0 radical (unpaired) electrons. The molecule has 0 atom stereocenters. The number of methoxy groups -OCH3 is 1. The van der Waals surface area contributed by atoms with Gasteiger partial charge in [0.05, 0.1) is 13.5 Å². The highest BCUT2D eigenvalue weighted by molar-refractivity contribution is 5.79. The second-order valence-corrected chi connectivity index (χ2v) is 6.67. The van der Waals surface area contributed by atoms with Gasteiger partial charge in [0.1, 0.15) is 5.75 Å². The average molecular weight is 338 g/mol. The Balaban J connectivity index is 1.48. The molecule has 25 heavy (non-hydrogen) atoms. The molecular formula is C21H26N2O2. The summed E-state index contributed by atoms with van der Waals surface area (Å²) in [7, 11) is 1.65. The summed E-state index contributed by atoms with van der Waals surface area (Å²) in [5, 5.41) is 0. The van der Waals surface area contributed by atoms with Gasteiger partial charge in [0, 0.05) is 32.7 Å². The summed E-state index contributed by atoms with van der Waals surface area (Å²) in [5.74, 6) is 1.03. The SMILES string of the molecule is COc1ccc(CC(=O)N2CCN(Cc3cccc(C)c3)CC2)cc1. The lowest BCUT2D eigenvalue weighted by Crippen LogP contribution is -2.48. The summed E-state index contributed by atoms with van der Waals surface area (Å²) in [6.07, 6.45) is 0.460. The molecule has 1 aliphatic rings. The van der Waals surface area contributed by atoms with Crippen molar-refractivity contribution in [1.29, 1.82) is 0 Å². The molecule has 4 nitrogen and oxygen atoms in total. The summed E-state index contributed by atoms with van der Waals surface area (Å²) in [5.41, 5.74) is 3.68. The summed E-state index contributed by atoms with van der Waals surface area (Å²) in [6.45, 7) is 6.56. The number of benzene rings is 2. The van der Waals surface area contributed by atoms with Gasteiger partial charge in [-0.3, -0.25) is 9.69 Å². The zero-order chi connectivity index (χ0) is 17.6. The van der Waals surface area contributed by atoms with E-state index in [-0.39, 0.29) is 5.91 Å². The Morgan fingerprint density at radius 2 is 1.72 bits per heavy atom. The monoisotopic (exact) mass is 338 g/mol. The normalized spacial score (nSPS) is 15.2. The molecule has 0 bridgehead atoms. The first kappa shape index (κ1) is 17.5. The molecule has 0 saturated carbocycles. The van der Waals surface area contributed by atoms with E-state index in [1.54, 1.807) is 7.11 Å². The van der Waals surface area contributed by atoms with E-state index >= 15 is 0 Å². The van der Waals surface area contributed by atoms with E-state index in [0.717, 1.165) is 44.0 Å². The van der Waals surface area contributed by atoms with Gasteiger partial charge in [-0.05, 0) is 30.2 Å². The van der Waals surface area contributed by atoms with E-state index in [4.69, 9.17) is 4.74 Å². The number of carbonyl (C=O) groups excluding carboxylic acids is 1. The van der Waals surface area contributed by atoms with Gasteiger partial charge < -0.3 is 9.64 Å². The Bertz CT molecular complexity index is 704. The number of hydrogen-bond acceptors (Lipinski definition) is 3. The van der Waals surface area contributed by atoms with Crippen molar-refractivity contribution in [2.75, 3.05) is 33.3 Å². The molecule has 0 N–H and O–H groups in total. The third-order valence-corrected chi connectivity index (χ3v) is 4.73. The van der Waals surface area contributed by atoms with Gasteiger partial charge in [0.25, 0.3) is 0 Å². The summed E-state index contributed by atoms with van der Waals surface area (Å²) < 4.78 is 5.16. The van der Waals surface area contributed by atoms with E-state index in [0.29, 0.717) is 6.42 Å². The minimum Gasteiger partial charge on any atom is -0.497 e. The maximum absolute atomic E-state index is 12.5. The van der Waals surface area contributed by atoms with Gasteiger partial charge in [-0.15, -0.1) is 0 Å². The average Bonchev–Trinajstić information content (AvgIpc) is 2.63. The molecule has 2 aromatic rings.